The molecule has 4 N–H and O–H groups in total. The Morgan fingerprint density at radius 1 is 0.947 bits per heavy atom. The van der Waals surface area contributed by atoms with E-state index in [2.05, 4.69) is 0 Å². The molecule has 0 aromatic heterocycles. The van der Waals surface area contributed by atoms with Crippen molar-refractivity contribution in [1.29, 1.82) is 0 Å². The van der Waals surface area contributed by atoms with Gasteiger partial charge in [0, 0.05) is 6.42 Å². The topological polar surface area (TPSA) is 89.4 Å². The van der Waals surface area contributed by atoms with Gasteiger partial charge in [-0.2, -0.15) is 26.0 Å². The first-order chi connectivity index (χ1) is 8.06. The fourth-order valence-corrected chi connectivity index (χ4v) is 1.94. The van der Waals surface area contributed by atoms with Crippen LogP contribution in [-0.2, 0) is 10.1 Å². The number of unbranched alkanes of at least 4 members (excludes halogenated alkanes) is 5. The minimum absolute atomic E-state index is 0. The first kappa shape index (κ1) is 20.9. The van der Waals surface area contributed by atoms with Gasteiger partial charge in [-0.1, -0.05) is 39.0 Å². The summed E-state index contributed by atoms with van der Waals surface area (Å²) in [7, 11) is -6.09. The Morgan fingerprint density at radius 3 is 1.79 bits per heavy atom. The van der Waals surface area contributed by atoms with Gasteiger partial charge in [-0.15, -0.1) is 0 Å². The minimum Gasteiger partial charge on any atom is -0.344 e. The maximum Gasteiger partial charge on any atom is 0.431 e. The third-order valence-electron chi connectivity index (χ3n) is 2.59. The Morgan fingerprint density at radius 2 is 1.37 bits per heavy atom. The third-order valence-corrected chi connectivity index (χ3v) is 3.54. The van der Waals surface area contributed by atoms with Crippen LogP contribution < -0.4 is 6.15 Å². The van der Waals surface area contributed by atoms with Gasteiger partial charge in [0.05, 0.1) is 0 Å². The van der Waals surface area contributed by atoms with E-state index >= 15 is 0 Å². The van der Waals surface area contributed by atoms with Crippen molar-refractivity contribution < 1.29 is 30.5 Å². The van der Waals surface area contributed by atoms with Gasteiger partial charge in [-0.05, 0) is 6.42 Å². The molecule has 0 aliphatic rings. The van der Waals surface area contributed by atoms with Crippen molar-refractivity contribution in [2.24, 2.45) is 0 Å². The Labute approximate surface area is 110 Å². The Kier molecular flexibility index (Phi) is 8.81. The standard InChI is InChI=1S/C10H18F4O3S.H3N/c1-2-3-4-5-6-7-8-9(11,12)10(13,14)18(15,16)17;/h2-8H2,1H3,(H,15,16,17);1H3. The molecule has 0 spiro atoms. The quantitative estimate of drug-likeness (QED) is 0.382. The SMILES string of the molecule is CCCCCCCCC(F)(F)C(F)(F)S(=O)(=O)O.N. The lowest BCUT2D eigenvalue weighted by molar-refractivity contribution is -0.164. The van der Waals surface area contributed by atoms with Crippen LogP contribution in [0.2, 0.25) is 0 Å². The van der Waals surface area contributed by atoms with E-state index in [0.717, 1.165) is 19.3 Å². The average molecular weight is 311 g/mol. The maximum atomic E-state index is 13.0. The fourth-order valence-electron chi connectivity index (χ4n) is 1.46. The molecule has 0 unspecified atom stereocenters. The molecule has 0 aliphatic heterocycles. The molecule has 0 atom stereocenters. The molecule has 0 saturated carbocycles. The van der Waals surface area contributed by atoms with Gasteiger partial charge in [-0.25, -0.2) is 0 Å². The zero-order chi connectivity index (χ0) is 14.4. The van der Waals surface area contributed by atoms with E-state index < -0.39 is 27.7 Å². The summed E-state index contributed by atoms with van der Waals surface area (Å²) in [5.74, 6) is -4.74. The van der Waals surface area contributed by atoms with Gasteiger partial charge in [0.15, 0.2) is 0 Å². The highest BCUT2D eigenvalue weighted by molar-refractivity contribution is 7.87. The van der Waals surface area contributed by atoms with Crippen LogP contribution in [0.1, 0.15) is 51.9 Å². The second-order valence-corrected chi connectivity index (χ2v) is 5.68. The van der Waals surface area contributed by atoms with E-state index in [1.807, 2.05) is 6.92 Å². The molecular weight excluding hydrogens is 290 g/mol. The van der Waals surface area contributed by atoms with E-state index in [1.165, 1.54) is 0 Å². The molecule has 9 heteroatoms. The first-order valence-electron chi connectivity index (χ1n) is 5.79. The molecule has 0 bridgehead atoms. The lowest BCUT2D eigenvalue weighted by atomic mass is 10.1. The highest BCUT2D eigenvalue weighted by atomic mass is 32.2. The van der Waals surface area contributed by atoms with E-state index in [0.29, 0.717) is 12.8 Å². The lowest BCUT2D eigenvalue weighted by Gasteiger charge is -2.23. The normalized spacial score (nSPS) is 13.2. The number of halogens is 4. The van der Waals surface area contributed by atoms with Gasteiger partial charge < -0.3 is 6.15 Å². The van der Waals surface area contributed by atoms with Crippen LogP contribution in [0.3, 0.4) is 0 Å². The zero-order valence-corrected chi connectivity index (χ0v) is 11.7. The Balaban J connectivity index is 0. The fraction of sp³-hybridized carbons (Fsp3) is 1.00. The lowest BCUT2D eigenvalue weighted by Crippen LogP contribution is -2.46. The molecule has 0 aromatic rings. The molecule has 0 heterocycles. The van der Waals surface area contributed by atoms with Crippen molar-refractivity contribution in [3.05, 3.63) is 0 Å². The van der Waals surface area contributed by atoms with Crippen LogP contribution in [0.25, 0.3) is 0 Å². The largest absolute Gasteiger partial charge is 0.431 e. The molecule has 0 aromatic carbocycles. The summed E-state index contributed by atoms with van der Waals surface area (Å²) >= 11 is 0. The van der Waals surface area contributed by atoms with E-state index in [1.54, 1.807) is 0 Å². The van der Waals surface area contributed by atoms with Crippen LogP contribution in [0.5, 0.6) is 0 Å². The van der Waals surface area contributed by atoms with Crippen molar-refractivity contribution in [2.75, 3.05) is 0 Å². The second-order valence-electron chi connectivity index (χ2n) is 4.21. The van der Waals surface area contributed by atoms with Gasteiger partial charge in [-0.3, -0.25) is 4.55 Å². The molecule has 0 saturated heterocycles. The van der Waals surface area contributed by atoms with Crippen LogP contribution in [0.15, 0.2) is 0 Å². The van der Waals surface area contributed by atoms with Crippen LogP contribution >= 0.6 is 0 Å². The Hall–Kier alpha value is -0.410. The molecule has 19 heavy (non-hydrogen) atoms. The summed E-state index contributed by atoms with van der Waals surface area (Å²) in [6.07, 6.45) is 2.25. The van der Waals surface area contributed by atoms with Crippen molar-refractivity contribution in [1.82, 2.24) is 6.15 Å². The number of hydrogen-bond donors (Lipinski definition) is 2. The van der Waals surface area contributed by atoms with Crippen LogP contribution in [0, 0.1) is 0 Å². The first-order valence-corrected chi connectivity index (χ1v) is 7.23. The van der Waals surface area contributed by atoms with Crippen LogP contribution in [-0.4, -0.2) is 24.1 Å². The molecule has 4 nitrogen and oxygen atoms in total. The van der Waals surface area contributed by atoms with Gasteiger partial charge in [0.2, 0.25) is 0 Å². The summed E-state index contributed by atoms with van der Waals surface area (Å²) in [6, 6.07) is 0. The molecule has 0 aliphatic carbocycles. The molecule has 118 valence electrons. The molecule has 0 rings (SSSR count). The summed E-state index contributed by atoms with van der Waals surface area (Å²) in [6.45, 7) is 1.97. The smallest absolute Gasteiger partial charge is 0.344 e. The summed E-state index contributed by atoms with van der Waals surface area (Å²) < 4.78 is 80.0. The van der Waals surface area contributed by atoms with Crippen molar-refractivity contribution in [2.45, 2.75) is 63.0 Å². The average Bonchev–Trinajstić information content (AvgIpc) is 2.21. The summed E-state index contributed by atoms with van der Waals surface area (Å²) in [4.78, 5) is 0. The number of alkyl halides is 4. The summed E-state index contributed by atoms with van der Waals surface area (Å²) in [5.41, 5.74) is 0. The van der Waals surface area contributed by atoms with Gasteiger partial charge in [0.1, 0.15) is 0 Å². The summed E-state index contributed by atoms with van der Waals surface area (Å²) in [5, 5.41) is -5.43. The van der Waals surface area contributed by atoms with Crippen molar-refractivity contribution in [3.63, 3.8) is 0 Å². The molecular formula is C10H21F4NO3S. The minimum atomic E-state index is -6.09. The van der Waals surface area contributed by atoms with Crippen molar-refractivity contribution in [3.8, 4) is 0 Å². The maximum absolute atomic E-state index is 13.0. The molecule has 0 fully saturated rings. The van der Waals surface area contributed by atoms with E-state index in [9.17, 15) is 26.0 Å². The number of rotatable bonds is 9. The van der Waals surface area contributed by atoms with E-state index in [4.69, 9.17) is 4.55 Å². The second kappa shape index (κ2) is 8.01. The highest BCUT2D eigenvalue weighted by Crippen LogP contribution is 2.41. The predicted molar refractivity (Wildman–Crippen MR) is 64.5 cm³/mol. The Bertz CT molecular complexity index is 347. The molecule has 0 radical (unpaired) electrons. The third kappa shape index (κ3) is 6.05. The van der Waals surface area contributed by atoms with Gasteiger partial charge in [0.25, 0.3) is 0 Å². The molecule has 0 amide bonds. The predicted octanol–water partition coefficient (Wildman–Crippen LogP) is 4.01. The zero-order valence-electron chi connectivity index (χ0n) is 10.8. The van der Waals surface area contributed by atoms with Crippen molar-refractivity contribution >= 4 is 10.1 Å². The highest BCUT2D eigenvalue weighted by Gasteiger charge is 2.64. The van der Waals surface area contributed by atoms with Gasteiger partial charge >= 0.3 is 21.3 Å². The number of hydrogen-bond acceptors (Lipinski definition) is 3. The van der Waals surface area contributed by atoms with Crippen LogP contribution in [0.4, 0.5) is 17.6 Å². The van der Waals surface area contributed by atoms with E-state index in [-0.39, 0.29) is 12.6 Å². The monoisotopic (exact) mass is 311 g/mol.